The molecule has 3 amide bonds. The molecule has 6 aliphatic rings. The number of amides is 3. The lowest BCUT2D eigenvalue weighted by Crippen LogP contribution is -2.70. The Balaban J connectivity index is 1.06. The number of esters is 1. The molecule has 40 heavy (non-hydrogen) atoms. The highest BCUT2D eigenvalue weighted by molar-refractivity contribution is 6.01. The van der Waals surface area contributed by atoms with Gasteiger partial charge in [0.1, 0.15) is 0 Å². The van der Waals surface area contributed by atoms with E-state index in [4.69, 9.17) is 28.8 Å². The molecule has 222 valence electrons. The van der Waals surface area contributed by atoms with Gasteiger partial charge in [-0.15, -0.1) is 5.06 Å². The molecule has 8 atom stereocenters. The summed E-state index contributed by atoms with van der Waals surface area (Å²) in [6.45, 7) is 6.20. The molecule has 6 fully saturated rings. The van der Waals surface area contributed by atoms with Crippen LogP contribution in [-0.4, -0.2) is 65.2 Å². The van der Waals surface area contributed by atoms with Gasteiger partial charge in [-0.3, -0.25) is 19.2 Å². The van der Waals surface area contributed by atoms with Gasteiger partial charge in [-0.25, -0.2) is 14.6 Å². The van der Waals surface area contributed by atoms with Crippen molar-refractivity contribution in [2.45, 2.75) is 109 Å². The summed E-state index contributed by atoms with van der Waals surface area (Å²) in [5, 5.41) is 3.12. The van der Waals surface area contributed by atoms with Crippen LogP contribution in [0.5, 0.6) is 0 Å². The van der Waals surface area contributed by atoms with Crippen LogP contribution in [0, 0.1) is 23.7 Å². The van der Waals surface area contributed by atoms with E-state index in [1.54, 1.807) is 0 Å². The number of hydroxylamine groups is 2. The van der Waals surface area contributed by atoms with Gasteiger partial charge in [0.15, 0.2) is 11.9 Å². The molecule has 1 N–H and O–H groups in total. The highest BCUT2D eigenvalue weighted by Crippen LogP contribution is 2.60. The highest BCUT2D eigenvalue weighted by atomic mass is 17.3. The van der Waals surface area contributed by atoms with Gasteiger partial charge < -0.3 is 24.4 Å². The number of fused-ring (bicyclic) bond motifs is 2. The first-order valence-electron chi connectivity index (χ1n) is 14.3. The first kappa shape index (κ1) is 28.9. The number of hydrogen-bond acceptors (Lipinski definition) is 11. The summed E-state index contributed by atoms with van der Waals surface area (Å²) in [6.07, 6.45) is 1.89. The first-order valence-corrected chi connectivity index (χ1v) is 14.3. The van der Waals surface area contributed by atoms with Gasteiger partial charge in [-0.1, -0.05) is 13.8 Å². The Labute approximate surface area is 232 Å². The van der Waals surface area contributed by atoms with Crippen molar-refractivity contribution in [3.8, 4) is 0 Å². The van der Waals surface area contributed by atoms with Gasteiger partial charge in [-0.2, -0.15) is 0 Å². The largest absolute Gasteiger partial charge is 0.435 e. The molecule has 0 aromatic carbocycles. The van der Waals surface area contributed by atoms with Crippen molar-refractivity contribution in [3.05, 3.63) is 0 Å². The standard InChI is InChI=1S/C27H38N2O11/c1-15-6-7-18-16(2)24(36-25-27(18)17(15)12-13-26(3,37-25)39-40-27)35-22(33)11-8-19(30)28-14-4-5-23(34)38-29-20(31)9-10-21(29)32/h15-18,24-25H,4-14H2,1-3H3,(H,28,30)/t15-,16?,17+,18?,24?,25+,26?,27?/m1/s1. The number of hydrogen-bond donors (Lipinski definition) is 1. The van der Waals surface area contributed by atoms with Crippen LogP contribution in [-0.2, 0) is 52.8 Å². The number of carbonyl (C=O) groups excluding carboxylic acids is 5. The molecule has 5 saturated heterocycles. The maximum absolute atomic E-state index is 12.7. The van der Waals surface area contributed by atoms with E-state index in [0.717, 1.165) is 19.3 Å². The number of nitrogens with zero attached hydrogens (tertiary/aromatic N) is 1. The van der Waals surface area contributed by atoms with Crippen LogP contribution in [0.25, 0.3) is 0 Å². The maximum Gasteiger partial charge on any atom is 0.333 e. The minimum absolute atomic E-state index is 0.0181. The summed E-state index contributed by atoms with van der Waals surface area (Å²) in [5.74, 6) is -3.21. The van der Waals surface area contributed by atoms with Gasteiger partial charge >= 0.3 is 11.9 Å². The molecule has 13 heteroatoms. The third-order valence-electron chi connectivity index (χ3n) is 8.98. The zero-order chi connectivity index (χ0) is 28.7. The Hall–Kier alpha value is -2.61. The lowest BCUT2D eigenvalue weighted by molar-refractivity contribution is -0.576. The van der Waals surface area contributed by atoms with E-state index in [0.29, 0.717) is 17.4 Å². The van der Waals surface area contributed by atoms with Crippen molar-refractivity contribution in [3.63, 3.8) is 0 Å². The SMILES string of the molecule is CC1C(OC(=O)CCC(=O)NCCCC(=O)ON2C(=O)CCC2=O)O[C@H]2OC3(C)CC[C@H]4[C@H](C)CCC1C24OO3. The fraction of sp³-hybridized carbons (Fsp3) is 0.815. The molecule has 5 unspecified atom stereocenters. The second-order valence-corrected chi connectivity index (χ2v) is 11.8. The fourth-order valence-corrected chi connectivity index (χ4v) is 6.76. The normalized spacial score (nSPS) is 38.4. The van der Waals surface area contributed by atoms with Crippen LogP contribution in [0.1, 0.15) is 85.0 Å². The lowest BCUT2D eigenvalue weighted by atomic mass is 9.58. The number of ether oxygens (including phenoxy) is 3. The monoisotopic (exact) mass is 566 g/mol. The third-order valence-corrected chi connectivity index (χ3v) is 8.98. The quantitative estimate of drug-likeness (QED) is 0.188. The Morgan fingerprint density at radius 1 is 0.975 bits per heavy atom. The summed E-state index contributed by atoms with van der Waals surface area (Å²) >= 11 is 0. The van der Waals surface area contributed by atoms with Gasteiger partial charge in [0.05, 0.1) is 6.42 Å². The van der Waals surface area contributed by atoms with E-state index in [-0.39, 0.29) is 68.7 Å². The Bertz CT molecular complexity index is 1040. The number of nitrogens with one attached hydrogen (secondary N) is 1. The number of imide groups is 1. The number of rotatable bonds is 9. The average molecular weight is 567 g/mol. The number of carbonyl (C=O) groups is 5. The summed E-state index contributed by atoms with van der Waals surface area (Å²) in [6, 6.07) is 0. The molecular weight excluding hydrogens is 528 g/mol. The van der Waals surface area contributed by atoms with Crippen LogP contribution >= 0.6 is 0 Å². The Kier molecular flexibility index (Phi) is 8.20. The van der Waals surface area contributed by atoms with Gasteiger partial charge in [0, 0.05) is 50.5 Å². The molecule has 0 aromatic heterocycles. The maximum atomic E-state index is 12.7. The summed E-state index contributed by atoms with van der Waals surface area (Å²) < 4.78 is 18.2. The van der Waals surface area contributed by atoms with Crippen LogP contribution in [0.4, 0.5) is 0 Å². The second kappa shape index (κ2) is 11.3. The lowest BCUT2D eigenvalue weighted by Gasteiger charge is -2.59. The van der Waals surface area contributed by atoms with Crippen molar-refractivity contribution >= 4 is 29.7 Å². The van der Waals surface area contributed by atoms with E-state index in [1.807, 2.05) is 13.8 Å². The predicted octanol–water partition coefficient (Wildman–Crippen LogP) is 2.02. The Morgan fingerprint density at radius 2 is 1.73 bits per heavy atom. The van der Waals surface area contributed by atoms with Crippen molar-refractivity contribution in [2.24, 2.45) is 23.7 Å². The van der Waals surface area contributed by atoms with Crippen LogP contribution in [0.2, 0.25) is 0 Å². The fourth-order valence-electron chi connectivity index (χ4n) is 6.76. The van der Waals surface area contributed by atoms with Crippen molar-refractivity contribution < 1.29 is 52.8 Å². The smallest absolute Gasteiger partial charge is 0.333 e. The minimum Gasteiger partial charge on any atom is -0.435 e. The van der Waals surface area contributed by atoms with Crippen molar-refractivity contribution in [2.75, 3.05) is 6.54 Å². The molecule has 0 radical (unpaired) electrons. The topological polar surface area (TPSA) is 156 Å². The molecule has 5 aliphatic heterocycles. The average Bonchev–Trinajstić information content (AvgIpc) is 3.07. The van der Waals surface area contributed by atoms with Crippen LogP contribution < -0.4 is 5.32 Å². The molecule has 0 aromatic rings. The van der Waals surface area contributed by atoms with E-state index >= 15 is 0 Å². The Morgan fingerprint density at radius 3 is 2.48 bits per heavy atom. The molecule has 1 aliphatic carbocycles. The third kappa shape index (κ3) is 5.48. The molecule has 1 spiro atoms. The molecule has 5 heterocycles. The molecule has 13 nitrogen and oxygen atoms in total. The summed E-state index contributed by atoms with van der Waals surface area (Å²) in [7, 11) is 0. The van der Waals surface area contributed by atoms with Gasteiger partial charge in [-0.05, 0) is 44.4 Å². The van der Waals surface area contributed by atoms with E-state index in [2.05, 4.69) is 12.2 Å². The summed E-state index contributed by atoms with van der Waals surface area (Å²) in [5.41, 5.74) is -0.748. The van der Waals surface area contributed by atoms with Crippen LogP contribution in [0.15, 0.2) is 0 Å². The predicted molar refractivity (Wildman–Crippen MR) is 132 cm³/mol. The van der Waals surface area contributed by atoms with E-state index < -0.39 is 47.7 Å². The molecule has 6 rings (SSSR count). The molecule has 1 saturated carbocycles. The zero-order valence-electron chi connectivity index (χ0n) is 23.2. The van der Waals surface area contributed by atoms with E-state index in [9.17, 15) is 24.0 Å². The van der Waals surface area contributed by atoms with E-state index in [1.165, 1.54) is 0 Å². The highest BCUT2D eigenvalue weighted by Gasteiger charge is 2.69. The van der Waals surface area contributed by atoms with Crippen LogP contribution in [0.3, 0.4) is 0 Å². The van der Waals surface area contributed by atoms with Gasteiger partial charge in [0.2, 0.25) is 18.0 Å². The first-order chi connectivity index (χ1) is 19.0. The zero-order valence-corrected chi connectivity index (χ0v) is 23.2. The second-order valence-electron chi connectivity index (χ2n) is 11.8. The minimum atomic E-state index is -0.926. The summed E-state index contributed by atoms with van der Waals surface area (Å²) in [4.78, 5) is 76.4. The van der Waals surface area contributed by atoms with Gasteiger partial charge in [0.25, 0.3) is 11.8 Å². The molecular formula is C27H38N2O11. The molecule has 2 bridgehead atoms. The van der Waals surface area contributed by atoms with Crippen molar-refractivity contribution in [1.82, 2.24) is 10.4 Å². The van der Waals surface area contributed by atoms with Crippen molar-refractivity contribution in [1.29, 1.82) is 0 Å².